The van der Waals surface area contributed by atoms with E-state index in [0.29, 0.717) is 23.4 Å². The zero-order chi connectivity index (χ0) is 16.8. The summed E-state index contributed by atoms with van der Waals surface area (Å²) >= 11 is 1.59. The molecule has 0 aliphatic carbocycles. The molecule has 1 fully saturated rings. The van der Waals surface area contributed by atoms with Crippen LogP contribution in [-0.4, -0.2) is 47.7 Å². The van der Waals surface area contributed by atoms with Crippen molar-refractivity contribution in [2.24, 2.45) is 0 Å². The van der Waals surface area contributed by atoms with Crippen LogP contribution in [0.15, 0.2) is 41.0 Å². The molecular weight excluding hydrogens is 322 g/mol. The minimum absolute atomic E-state index is 0.223. The van der Waals surface area contributed by atoms with Gasteiger partial charge in [-0.2, -0.15) is 0 Å². The fraction of sp³-hybridized carbons (Fsp3) is 0.444. The second kappa shape index (κ2) is 8.35. The van der Waals surface area contributed by atoms with Gasteiger partial charge in [-0.15, -0.1) is 11.8 Å². The smallest absolute Gasteiger partial charge is 0.232 e. The molecule has 128 valence electrons. The molecule has 1 aliphatic rings. The first-order chi connectivity index (χ1) is 11.8. The van der Waals surface area contributed by atoms with Crippen molar-refractivity contribution in [1.29, 1.82) is 0 Å². The molecule has 1 N–H and O–H groups in total. The van der Waals surface area contributed by atoms with E-state index in [2.05, 4.69) is 10.3 Å². The summed E-state index contributed by atoms with van der Waals surface area (Å²) in [5.74, 6) is 2.04. The van der Waals surface area contributed by atoms with E-state index in [1.165, 1.54) is 0 Å². The van der Waals surface area contributed by atoms with Crippen molar-refractivity contribution >= 4 is 17.7 Å². The molecule has 1 aliphatic heterocycles. The highest BCUT2D eigenvalue weighted by atomic mass is 32.2. The van der Waals surface area contributed by atoms with E-state index in [1.807, 2.05) is 42.3 Å². The van der Waals surface area contributed by atoms with Crippen LogP contribution in [0, 0.1) is 0 Å². The average Bonchev–Trinajstić information content (AvgIpc) is 3.11. The zero-order valence-corrected chi connectivity index (χ0v) is 14.7. The maximum absolute atomic E-state index is 12.3. The van der Waals surface area contributed by atoms with E-state index >= 15 is 0 Å². The predicted molar refractivity (Wildman–Crippen MR) is 96.8 cm³/mol. The van der Waals surface area contributed by atoms with Crippen molar-refractivity contribution < 1.29 is 9.21 Å². The fourth-order valence-electron chi connectivity index (χ4n) is 2.84. The number of hydrogen-bond acceptors (Lipinski definition) is 5. The van der Waals surface area contributed by atoms with Crippen LogP contribution in [0.5, 0.6) is 0 Å². The molecule has 0 unspecified atom stereocenters. The molecule has 2 aromatic rings. The second-order valence-corrected chi connectivity index (χ2v) is 6.93. The van der Waals surface area contributed by atoms with Gasteiger partial charge in [-0.05, 0) is 32.0 Å². The molecule has 24 heavy (non-hydrogen) atoms. The van der Waals surface area contributed by atoms with Crippen molar-refractivity contribution in [2.45, 2.75) is 24.6 Å². The number of nitrogens with zero attached hydrogens (tertiary/aromatic N) is 2. The number of likely N-dealkylation sites (tertiary alicyclic amines) is 1. The Hall–Kier alpha value is -1.79. The Balaban J connectivity index is 1.44. The molecule has 0 radical (unpaired) electrons. The van der Waals surface area contributed by atoms with Crippen LogP contribution in [0.25, 0.3) is 11.5 Å². The molecule has 0 spiro atoms. The summed E-state index contributed by atoms with van der Waals surface area (Å²) in [7, 11) is 1.99. The summed E-state index contributed by atoms with van der Waals surface area (Å²) in [4.78, 5) is 18.7. The van der Waals surface area contributed by atoms with Gasteiger partial charge >= 0.3 is 0 Å². The standard InChI is InChI=1S/C18H23N3O2S/c1-19-15-7-9-21(10-8-15)17(22)13-24-12-16-11-23-18(20-16)14-5-3-2-4-6-14/h2-6,11,15,19H,7-10,12-13H2,1H3. The fourth-order valence-corrected chi connectivity index (χ4v) is 3.64. The topological polar surface area (TPSA) is 58.4 Å². The van der Waals surface area contributed by atoms with Crippen LogP contribution >= 0.6 is 11.8 Å². The van der Waals surface area contributed by atoms with Crippen LogP contribution in [-0.2, 0) is 10.5 Å². The number of thioether (sulfide) groups is 1. The summed E-state index contributed by atoms with van der Waals surface area (Å²) in [6, 6.07) is 10.4. The minimum atomic E-state index is 0.223. The molecule has 0 bridgehead atoms. The summed E-state index contributed by atoms with van der Waals surface area (Å²) < 4.78 is 5.52. The molecule has 0 saturated carbocycles. The van der Waals surface area contributed by atoms with Crippen LogP contribution in [0.4, 0.5) is 0 Å². The van der Waals surface area contributed by atoms with Crippen molar-refractivity contribution in [3.63, 3.8) is 0 Å². The van der Waals surface area contributed by atoms with Crippen LogP contribution in [0.2, 0.25) is 0 Å². The van der Waals surface area contributed by atoms with Crippen molar-refractivity contribution in [3.05, 3.63) is 42.3 Å². The maximum Gasteiger partial charge on any atom is 0.232 e. The molecule has 3 rings (SSSR count). The number of hydrogen-bond donors (Lipinski definition) is 1. The number of rotatable bonds is 6. The molecule has 1 saturated heterocycles. The van der Waals surface area contributed by atoms with Gasteiger partial charge < -0.3 is 14.6 Å². The lowest BCUT2D eigenvalue weighted by atomic mass is 10.1. The average molecular weight is 345 g/mol. The van der Waals surface area contributed by atoms with Crippen LogP contribution in [0.1, 0.15) is 18.5 Å². The largest absolute Gasteiger partial charge is 0.444 e. The lowest BCUT2D eigenvalue weighted by molar-refractivity contribution is -0.129. The first kappa shape index (κ1) is 17.0. The maximum atomic E-state index is 12.3. The summed E-state index contributed by atoms with van der Waals surface area (Å²) in [6.07, 6.45) is 3.76. The number of nitrogens with one attached hydrogen (secondary N) is 1. The third-order valence-corrected chi connectivity index (χ3v) is 5.25. The van der Waals surface area contributed by atoms with Gasteiger partial charge in [0.1, 0.15) is 6.26 Å². The van der Waals surface area contributed by atoms with Gasteiger partial charge in [0.05, 0.1) is 11.4 Å². The number of carbonyl (C=O) groups is 1. The van der Waals surface area contributed by atoms with Gasteiger partial charge in [0.2, 0.25) is 11.8 Å². The zero-order valence-electron chi connectivity index (χ0n) is 13.9. The van der Waals surface area contributed by atoms with E-state index in [9.17, 15) is 4.79 Å². The molecule has 0 atom stereocenters. The van der Waals surface area contributed by atoms with E-state index in [4.69, 9.17) is 4.42 Å². The van der Waals surface area contributed by atoms with Crippen molar-refractivity contribution in [3.8, 4) is 11.5 Å². The quantitative estimate of drug-likeness (QED) is 0.872. The number of amides is 1. The Labute approximate surface area is 146 Å². The molecule has 5 nitrogen and oxygen atoms in total. The highest BCUT2D eigenvalue weighted by molar-refractivity contribution is 7.99. The van der Waals surface area contributed by atoms with E-state index in [-0.39, 0.29) is 5.91 Å². The molecule has 6 heteroatoms. The van der Waals surface area contributed by atoms with Crippen molar-refractivity contribution in [2.75, 3.05) is 25.9 Å². The third kappa shape index (κ3) is 4.39. The van der Waals surface area contributed by atoms with E-state index in [0.717, 1.165) is 37.2 Å². The Morgan fingerprint density at radius 3 is 2.79 bits per heavy atom. The predicted octanol–water partition coefficient (Wildman–Crippen LogP) is 2.79. The number of oxazole rings is 1. The van der Waals surface area contributed by atoms with E-state index in [1.54, 1.807) is 18.0 Å². The lowest BCUT2D eigenvalue weighted by Gasteiger charge is -2.31. The molecule has 1 aromatic heterocycles. The molecule has 2 heterocycles. The van der Waals surface area contributed by atoms with Gasteiger partial charge in [0.25, 0.3) is 0 Å². The number of carbonyl (C=O) groups excluding carboxylic acids is 1. The van der Waals surface area contributed by atoms with Gasteiger partial charge in [-0.25, -0.2) is 4.98 Å². The number of piperidine rings is 1. The molecule has 1 aromatic carbocycles. The summed E-state index contributed by atoms with van der Waals surface area (Å²) in [5.41, 5.74) is 1.85. The van der Waals surface area contributed by atoms with Crippen molar-refractivity contribution in [1.82, 2.24) is 15.2 Å². The van der Waals surface area contributed by atoms with E-state index < -0.39 is 0 Å². The van der Waals surface area contributed by atoms with Gasteiger partial charge in [0, 0.05) is 30.4 Å². The monoisotopic (exact) mass is 345 g/mol. The van der Waals surface area contributed by atoms with Gasteiger partial charge in [-0.1, -0.05) is 18.2 Å². The summed E-state index contributed by atoms with van der Waals surface area (Å²) in [5, 5.41) is 3.28. The normalized spacial score (nSPS) is 15.6. The Morgan fingerprint density at radius 2 is 2.08 bits per heavy atom. The first-order valence-corrected chi connectivity index (χ1v) is 9.44. The minimum Gasteiger partial charge on any atom is -0.444 e. The Morgan fingerprint density at radius 1 is 1.33 bits per heavy atom. The number of benzene rings is 1. The Bertz CT molecular complexity index is 651. The Kier molecular flexibility index (Phi) is 5.93. The molecule has 1 amide bonds. The van der Waals surface area contributed by atoms with Gasteiger partial charge in [-0.3, -0.25) is 4.79 Å². The highest BCUT2D eigenvalue weighted by Crippen LogP contribution is 2.21. The highest BCUT2D eigenvalue weighted by Gasteiger charge is 2.21. The van der Waals surface area contributed by atoms with Crippen LogP contribution in [0.3, 0.4) is 0 Å². The first-order valence-electron chi connectivity index (χ1n) is 8.29. The van der Waals surface area contributed by atoms with Gasteiger partial charge in [0.15, 0.2) is 0 Å². The number of aromatic nitrogens is 1. The van der Waals surface area contributed by atoms with Crippen LogP contribution < -0.4 is 5.32 Å². The second-order valence-electron chi connectivity index (χ2n) is 5.95. The summed E-state index contributed by atoms with van der Waals surface area (Å²) in [6.45, 7) is 1.71. The lowest BCUT2D eigenvalue weighted by Crippen LogP contribution is -2.44. The molecular formula is C18H23N3O2S. The third-order valence-electron chi connectivity index (χ3n) is 4.30. The SMILES string of the molecule is CNC1CCN(C(=O)CSCc2coc(-c3ccccc3)n2)CC1.